The summed E-state index contributed by atoms with van der Waals surface area (Å²) in [6.45, 7) is 4.12. The standard InChI is InChI=1S/C19H20N2O4S2/c1-3-17-13(2)11-18(26-17)19(22)21-14-6-8-16(9-7-14)27(23,24)20-12-15-5-4-10-25-15/h4-11,20H,3,12H2,1-2H3,(H,21,22). The Balaban J connectivity index is 1.66. The van der Waals surface area contributed by atoms with Crippen molar-refractivity contribution in [2.45, 2.75) is 31.7 Å². The Bertz CT molecular complexity index is 1020. The van der Waals surface area contributed by atoms with E-state index in [1.54, 1.807) is 24.3 Å². The highest BCUT2D eigenvalue weighted by Gasteiger charge is 2.15. The summed E-state index contributed by atoms with van der Waals surface area (Å²) in [6, 6.07) is 11.3. The lowest BCUT2D eigenvalue weighted by Crippen LogP contribution is -2.23. The van der Waals surface area contributed by atoms with Gasteiger partial charge in [0.25, 0.3) is 5.91 Å². The molecule has 2 N–H and O–H groups in total. The predicted octanol–water partition coefficient (Wildman–Crippen LogP) is 3.94. The van der Waals surface area contributed by atoms with Crippen LogP contribution in [-0.4, -0.2) is 14.3 Å². The number of rotatable bonds is 7. The summed E-state index contributed by atoms with van der Waals surface area (Å²) in [5, 5.41) is 2.80. The maximum Gasteiger partial charge on any atom is 0.265 e. The molecule has 0 saturated carbocycles. The van der Waals surface area contributed by atoms with E-state index in [-0.39, 0.29) is 17.3 Å². The molecule has 1 amide bonds. The first-order valence-corrected chi connectivity index (χ1v) is 10.7. The number of amides is 1. The minimum atomic E-state index is -3.66. The van der Waals surface area contributed by atoms with Crippen molar-refractivity contribution in [2.75, 3.05) is 5.32 Å². The molecule has 0 saturated heterocycles. The van der Waals surface area contributed by atoms with Gasteiger partial charge < -0.3 is 9.73 Å². The van der Waals surface area contributed by atoms with Crippen molar-refractivity contribution >= 4 is 33.0 Å². The van der Waals surface area contributed by atoms with E-state index in [0.29, 0.717) is 16.3 Å². The molecule has 0 atom stereocenters. The molecule has 0 radical (unpaired) electrons. The molecule has 0 spiro atoms. The van der Waals surface area contributed by atoms with Crippen molar-refractivity contribution < 1.29 is 17.6 Å². The van der Waals surface area contributed by atoms with E-state index in [4.69, 9.17) is 4.42 Å². The van der Waals surface area contributed by atoms with Crippen molar-refractivity contribution in [1.29, 1.82) is 0 Å². The Morgan fingerprint density at radius 3 is 2.52 bits per heavy atom. The molecule has 1 aromatic carbocycles. The largest absolute Gasteiger partial charge is 0.468 e. The van der Waals surface area contributed by atoms with Crippen LogP contribution in [0.3, 0.4) is 0 Å². The average Bonchev–Trinajstić information content (AvgIpc) is 3.30. The average molecular weight is 405 g/mol. The van der Waals surface area contributed by atoms with E-state index in [1.807, 2.05) is 13.0 Å². The van der Waals surface area contributed by atoms with Crippen LogP contribution in [0.25, 0.3) is 0 Å². The molecule has 142 valence electrons. The van der Waals surface area contributed by atoms with Gasteiger partial charge in [0.2, 0.25) is 10.0 Å². The first-order chi connectivity index (χ1) is 12.9. The first-order valence-electron chi connectivity index (χ1n) is 8.42. The SMILES string of the molecule is CCc1sc(C(=O)Nc2ccc(S(=O)(=O)NCc3ccco3)cc2)cc1C. The number of hydrogen-bond donors (Lipinski definition) is 2. The molecule has 3 rings (SSSR count). The fourth-order valence-corrected chi connectivity index (χ4v) is 4.56. The molecule has 0 bridgehead atoms. The van der Waals surface area contributed by atoms with Crippen molar-refractivity contribution in [3.8, 4) is 0 Å². The number of thiophene rings is 1. The van der Waals surface area contributed by atoms with Gasteiger partial charge in [-0.15, -0.1) is 11.3 Å². The fourth-order valence-electron chi connectivity index (χ4n) is 2.56. The number of nitrogens with one attached hydrogen (secondary N) is 2. The van der Waals surface area contributed by atoms with Gasteiger partial charge in [0.15, 0.2) is 0 Å². The number of anilines is 1. The van der Waals surface area contributed by atoms with Crippen LogP contribution in [0.5, 0.6) is 0 Å². The van der Waals surface area contributed by atoms with Crippen molar-refractivity contribution in [3.63, 3.8) is 0 Å². The number of sulfonamides is 1. The maximum absolute atomic E-state index is 12.4. The highest BCUT2D eigenvalue weighted by molar-refractivity contribution is 7.89. The molecule has 6 nitrogen and oxygen atoms in total. The summed E-state index contributed by atoms with van der Waals surface area (Å²) in [5.74, 6) is 0.328. The lowest BCUT2D eigenvalue weighted by atomic mass is 10.2. The van der Waals surface area contributed by atoms with Gasteiger partial charge >= 0.3 is 0 Å². The molecular weight excluding hydrogens is 384 g/mol. The van der Waals surface area contributed by atoms with Gasteiger partial charge in [-0.2, -0.15) is 0 Å². The van der Waals surface area contributed by atoms with E-state index >= 15 is 0 Å². The summed E-state index contributed by atoms with van der Waals surface area (Å²) < 4.78 is 32.2. The molecule has 0 fully saturated rings. The molecule has 2 aromatic heterocycles. The third-order valence-corrected chi connectivity index (χ3v) is 6.80. The van der Waals surface area contributed by atoms with Gasteiger partial charge in [0.05, 0.1) is 22.6 Å². The van der Waals surface area contributed by atoms with E-state index < -0.39 is 10.0 Å². The van der Waals surface area contributed by atoms with Crippen LogP contribution in [0.4, 0.5) is 5.69 Å². The van der Waals surface area contributed by atoms with Crippen LogP contribution < -0.4 is 10.0 Å². The molecule has 0 aliphatic rings. The maximum atomic E-state index is 12.4. The van der Waals surface area contributed by atoms with Crippen LogP contribution in [0, 0.1) is 6.92 Å². The Hall–Kier alpha value is -2.42. The quantitative estimate of drug-likeness (QED) is 0.624. The molecule has 8 heteroatoms. The summed E-state index contributed by atoms with van der Waals surface area (Å²) in [7, 11) is -3.66. The second-order valence-electron chi connectivity index (χ2n) is 5.95. The van der Waals surface area contributed by atoms with Crippen molar-refractivity contribution in [2.24, 2.45) is 0 Å². The Labute approximate surface area is 162 Å². The number of furan rings is 1. The highest BCUT2D eigenvalue weighted by Crippen LogP contribution is 2.23. The number of aryl methyl sites for hydroxylation is 2. The van der Waals surface area contributed by atoms with E-state index in [1.165, 1.54) is 34.6 Å². The smallest absolute Gasteiger partial charge is 0.265 e. The molecule has 3 aromatic rings. The third kappa shape index (κ3) is 4.65. The Morgan fingerprint density at radius 2 is 1.93 bits per heavy atom. The number of benzene rings is 1. The van der Waals surface area contributed by atoms with Crippen molar-refractivity contribution in [3.05, 3.63) is 69.8 Å². The van der Waals surface area contributed by atoms with Crippen LogP contribution >= 0.6 is 11.3 Å². The van der Waals surface area contributed by atoms with Gasteiger partial charge in [-0.1, -0.05) is 6.92 Å². The zero-order chi connectivity index (χ0) is 19.4. The van der Waals surface area contributed by atoms with Crippen LogP contribution in [0.1, 0.15) is 32.8 Å². The second-order valence-corrected chi connectivity index (χ2v) is 8.86. The Morgan fingerprint density at radius 1 is 1.19 bits per heavy atom. The molecule has 27 heavy (non-hydrogen) atoms. The number of carbonyl (C=O) groups is 1. The highest BCUT2D eigenvalue weighted by atomic mass is 32.2. The van der Waals surface area contributed by atoms with Crippen LogP contribution in [0.15, 0.2) is 58.0 Å². The van der Waals surface area contributed by atoms with Crippen LogP contribution in [-0.2, 0) is 23.0 Å². The number of hydrogen-bond acceptors (Lipinski definition) is 5. The van der Waals surface area contributed by atoms with E-state index in [2.05, 4.69) is 17.0 Å². The van der Waals surface area contributed by atoms with Crippen molar-refractivity contribution in [1.82, 2.24) is 4.72 Å². The zero-order valence-electron chi connectivity index (χ0n) is 15.0. The molecule has 0 aliphatic heterocycles. The summed E-state index contributed by atoms with van der Waals surface area (Å²) in [6.07, 6.45) is 2.38. The predicted molar refractivity (Wildman–Crippen MR) is 106 cm³/mol. The normalized spacial score (nSPS) is 11.5. The molecule has 0 unspecified atom stereocenters. The first kappa shape index (κ1) is 19.3. The monoisotopic (exact) mass is 404 g/mol. The minimum absolute atomic E-state index is 0.0747. The van der Waals surface area contributed by atoms with Gasteiger partial charge in [-0.05, 0) is 61.4 Å². The zero-order valence-corrected chi connectivity index (χ0v) is 16.6. The lowest BCUT2D eigenvalue weighted by Gasteiger charge is -2.07. The molecule has 2 heterocycles. The number of carbonyl (C=O) groups excluding carboxylic acids is 1. The van der Waals surface area contributed by atoms with Gasteiger partial charge in [0, 0.05) is 10.6 Å². The van der Waals surface area contributed by atoms with E-state index in [0.717, 1.165) is 12.0 Å². The summed E-state index contributed by atoms with van der Waals surface area (Å²) in [4.78, 5) is 14.3. The van der Waals surface area contributed by atoms with E-state index in [9.17, 15) is 13.2 Å². The molecule has 0 aliphatic carbocycles. The third-order valence-electron chi connectivity index (χ3n) is 4.00. The summed E-state index contributed by atoms with van der Waals surface area (Å²) in [5.41, 5.74) is 1.64. The topological polar surface area (TPSA) is 88.4 Å². The van der Waals surface area contributed by atoms with Gasteiger partial charge in [0.1, 0.15) is 5.76 Å². The minimum Gasteiger partial charge on any atom is -0.468 e. The summed E-state index contributed by atoms with van der Waals surface area (Å²) >= 11 is 1.47. The van der Waals surface area contributed by atoms with Crippen LogP contribution in [0.2, 0.25) is 0 Å². The fraction of sp³-hybridized carbons (Fsp3) is 0.211. The van der Waals surface area contributed by atoms with Gasteiger partial charge in [-0.25, -0.2) is 13.1 Å². The molecular formula is C19H20N2O4S2. The lowest BCUT2D eigenvalue weighted by molar-refractivity contribution is 0.103. The van der Waals surface area contributed by atoms with Gasteiger partial charge in [-0.3, -0.25) is 4.79 Å². The Kier molecular flexibility index (Phi) is 5.79. The second kappa shape index (κ2) is 8.08.